The molecule has 36 heavy (non-hydrogen) atoms. The van der Waals surface area contributed by atoms with Gasteiger partial charge in [-0.15, -0.1) is 11.8 Å². The number of hydrogen-bond acceptors (Lipinski definition) is 7. The molecule has 7 nitrogen and oxygen atoms in total. The molecule has 0 spiro atoms. The molecule has 1 atom stereocenters. The monoisotopic (exact) mass is 567 g/mol. The highest BCUT2D eigenvalue weighted by atomic mass is 32.2. The molecule has 0 amide bonds. The van der Waals surface area contributed by atoms with Crippen molar-refractivity contribution in [1.29, 1.82) is 0 Å². The van der Waals surface area contributed by atoms with Gasteiger partial charge in [0.25, 0.3) is 9.84 Å². The lowest BCUT2D eigenvalue weighted by atomic mass is 10.1. The zero-order valence-electron chi connectivity index (χ0n) is 20.5. The van der Waals surface area contributed by atoms with Crippen molar-refractivity contribution >= 4 is 37.3 Å². The van der Waals surface area contributed by atoms with Crippen LogP contribution in [0.5, 0.6) is 0 Å². The minimum Gasteiger partial charge on any atom is -0.379 e. The zero-order valence-corrected chi connectivity index (χ0v) is 22.9. The van der Waals surface area contributed by atoms with E-state index in [9.17, 15) is 30.0 Å². The van der Waals surface area contributed by atoms with E-state index in [1.54, 1.807) is 0 Å². The maximum atomic E-state index is 13.5. The van der Waals surface area contributed by atoms with Gasteiger partial charge in [-0.3, -0.25) is 4.90 Å². The molecular weight excluding hydrogens is 535 g/mol. The molecule has 2 aromatic rings. The number of primary sulfonamides is 1. The molecule has 0 radical (unpaired) electrons. The van der Waals surface area contributed by atoms with Gasteiger partial charge >= 0.3 is 5.51 Å². The van der Waals surface area contributed by atoms with E-state index in [2.05, 4.69) is 10.2 Å². The molecule has 0 aliphatic rings. The molecule has 13 heteroatoms. The summed E-state index contributed by atoms with van der Waals surface area (Å²) in [5.41, 5.74) is -6.29. The standard InChI is InChI=1S/C23H32F3N3O4S3/c1-16(2)29(17(3)4)14-13-18(15-34-19-9-6-5-7-10-19)28-22-20(35(30,31)23(24,25)26)11-8-12-21(22)36(27,32)33/h5-12,16-18,28H,13-15H2,1-4H3,(H2,27,32,33)/t18-/m1/s1. The van der Waals surface area contributed by atoms with Crippen molar-refractivity contribution in [1.82, 2.24) is 4.90 Å². The fourth-order valence-electron chi connectivity index (χ4n) is 3.77. The third kappa shape index (κ3) is 7.85. The van der Waals surface area contributed by atoms with E-state index in [1.807, 2.05) is 58.0 Å². The van der Waals surface area contributed by atoms with E-state index in [4.69, 9.17) is 5.14 Å². The molecule has 202 valence electrons. The predicted octanol–water partition coefficient (Wildman–Crippen LogP) is 4.71. The third-order valence-corrected chi connectivity index (χ3v) is 9.15. The smallest absolute Gasteiger partial charge is 0.379 e. The first-order valence-electron chi connectivity index (χ1n) is 11.2. The molecular formula is C23H32F3N3O4S3. The number of nitrogens with two attached hydrogens (primary N) is 1. The summed E-state index contributed by atoms with van der Waals surface area (Å²) in [6.45, 7) is 8.62. The van der Waals surface area contributed by atoms with E-state index in [1.165, 1.54) is 11.8 Å². The van der Waals surface area contributed by atoms with Crippen molar-refractivity contribution in [2.45, 2.75) is 72.4 Å². The molecule has 0 bridgehead atoms. The number of hydrogen-bond donors (Lipinski definition) is 2. The molecule has 3 N–H and O–H groups in total. The van der Waals surface area contributed by atoms with Crippen LogP contribution in [0.3, 0.4) is 0 Å². The second-order valence-electron chi connectivity index (χ2n) is 8.80. The Labute approximate surface area is 215 Å². The van der Waals surface area contributed by atoms with E-state index < -0.39 is 46.9 Å². The number of nitrogens with one attached hydrogen (secondary N) is 1. The summed E-state index contributed by atoms with van der Waals surface area (Å²) in [5, 5.41) is 8.08. The molecule has 0 saturated carbocycles. The van der Waals surface area contributed by atoms with Crippen molar-refractivity contribution < 1.29 is 30.0 Å². The van der Waals surface area contributed by atoms with Gasteiger partial charge < -0.3 is 5.32 Å². The maximum absolute atomic E-state index is 13.5. The van der Waals surface area contributed by atoms with Gasteiger partial charge in [-0.25, -0.2) is 22.0 Å². The van der Waals surface area contributed by atoms with E-state index >= 15 is 0 Å². The number of rotatable bonds is 12. The Balaban J connectivity index is 2.54. The number of halogens is 3. The summed E-state index contributed by atoms with van der Waals surface area (Å²) in [5.74, 6) is 0.332. The van der Waals surface area contributed by atoms with Gasteiger partial charge in [-0.2, -0.15) is 13.2 Å². The average Bonchev–Trinajstić information content (AvgIpc) is 2.76. The molecule has 0 aromatic heterocycles. The Hall–Kier alpha value is -1.80. The highest BCUT2D eigenvalue weighted by molar-refractivity contribution is 7.99. The summed E-state index contributed by atoms with van der Waals surface area (Å²) in [6.07, 6.45) is 0.403. The number of benzene rings is 2. The van der Waals surface area contributed by atoms with Crippen LogP contribution in [0.1, 0.15) is 34.1 Å². The van der Waals surface area contributed by atoms with Crippen LogP contribution in [-0.4, -0.2) is 57.7 Å². The summed E-state index contributed by atoms with van der Waals surface area (Å²) < 4.78 is 89.5. The van der Waals surface area contributed by atoms with Gasteiger partial charge in [0, 0.05) is 35.3 Å². The van der Waals surface area contributed by atoms with Gasteiger partial charge in [-0.1, -0.05) is 24.3 Å². The SMILES string of the molecule is CC(C)N(CC[C@H](CSc1ccccc1)Nc1c(S(N)(=O)=O)cccc1S(=O)(=O)C(F)(F)F)C(C)C. The Morgan fingerprint density at radius 1 is 0.917 bits per heavy atom. The van der Waals surface area contributed by atoms with Crippen molar-refractivity contribution in [3.8, 4) is 0 Å². The fraction of sp³-hybridized carbons (Fsp3) is 0.478. The number of alkyl halides is 3. The van der Waals surface area contributed by atoms with Gasteiger partial charge in [0.2, 0.25) is 10.0 Å². The summed E-state index contributed by atoms with van der Waals surface area (Å²) >= 11 is 1.42. The van der Waals surface area contributed by atoms with Crippen LogP contribution in [0.25, 0.3) is 0 Å². The molecule has 0 aliphatic carbocycles. The van der Waals surface area contributed by atoms with Crippen molar-refractivity contribution in [3.63, 3.8) is 0 Å². The van der Waals surface area contributed by atoms with Gasteiger partial charge in [-0.05, 0) is 58.4 Å². The third-order valence-electron chi connectivity index (χ3n) is 5.49. The second-order valence-corrected chi connectivity index (χ2v) is 13.3. The number of para-hydroxylation sites is 1. The van der Waals surface area contributed by atoms with E-state index in [0.717, 1.165) is 23.1 Å². The molecule has 0 saturated heterocycles. The number of sulfonamides is 1. The Kier molecular flexibility index (Phi) is 10.3. The highest BCUT2D eigenvalue weighted by Crippen LogP contribution is 2.38. The quantitative estimate of drug-likeness (QED) is 0.358. The highest BCUT2D eigenvalue weighted by Gasteiger charge is 2.48. The van der Waals surface area contributed by atoms with Crippen LogP contribution in [0.4, 0.5) is 18.9 Å². The minimum atomic E-state index is -5.86. The Bertz CT molecular complexity index is 1210. The predicted molar refractivity (Wildman–Crippen MR) is 137 cm³/mol. The van der Waals surface area contributed by atoms with Crippen molar-refractivity contribution in [3.05, 3.63) is 48.5 Å². The van der Waals surface area contributed by atoms with Crippen LogP contribution >= 0.6 is 11.8 Å². The zero-order chi connectivity index (χ0) is 27.3. The molecule has 0 aliphatic heterocycles. The van der Waals surface area contributed by atoms with Crippen LogP contribution in [0.15, 0.2) is 63.2 Å². The Morgan fingerprint density at radius 3 is 1.97 bits per heavy atom. The minimum absolute atomic E-state index is 0.185. The van der Waals surface area contributed by atoms with Crippen LogP contribution in [0, 0.1) is 0 Å². The van der Waals surface area contributed by atoms with Crippen molar-refractivity contribution in [2.75, 3.05) is 17.6 Å². The van der Waals surface area contributed by atoms with Crippen molar-refractivity contribution in [2.24, 2.45) is 5.14 Å². The van der Waals surface area contributed by atoms with Crippen LogP contribution in [0.2, 0.25) is 0 Å². The lowest BCUT2D eigenvalue weighted by Crippen LogP contribution is -2.40. The first kappa shape index (κ1) is 30.4. The summed E-state index contributed by atoms with van der Waals surface area (Å²) in [4.78, 5) is 1.19. The number of thioether (sulfide) groups is 1. The van der Waals surface area contributed by atoms with Crippen LogP contribution < -0.4 is 10.5 Å². The number of nitrogens with zero attached hydrogens (tertiary/aromatic N) is 1. The van der Waals surface area contributed by atoms with Gasteiger partial charge in [0.15, 0.2) is 0 Å². The van der Waals surface area contributed by atoms with Gasteiger partial charge in [0.05, 0.1) is 5.69 Å². The normalized spacial score (nSPS) is 14.0. The number of sulfone groups is 1. The number of anilines is 1. The van der Waals surface area contributed by atoms with E-state index in [-0.39, 0.29) is 12.1 Å². The lowest BCUT2D eigenvalue weighted by Gasteiger charge is -2.32. The lowest BCUT2D eigenvalue weighted by molar-refractivity contribution is -0.0435. The summed E-state index contributed by atoms with van der Waals surface area (Å²) in [6, 6.07) is 11.7. The molecule has 0 heterocycles. The fourth-order valence-corrected chi connectivity index (χ4v) is 6.50. The molecule has 2 aromatic carbocycles. The largest absolute Gasteiger partial charge is 0.501 e. The maximum Gasteiger partial charge on any atom is 0.501 e. The molecule has 2 rings (SSSR count). The molecule has 0 unspecified atom stereocenters. The first-order valence-corrected chi connectivity index (χ1v) is 15.2. The topological polar surface area (TPSA) is 110 Å². The van der Waals surface area contributed by atoms with Crippen LogP contribution in [-0.2, 0) is 19.9 Å². The summed E-state index contributed by atoms with van der Waals surface area (Å²) in [7, 11) is -10.4. The van der Waals surface area contributed by atoms with E-state index in [0.29, 0.717) is 18.7 Å². The second kappa shape index (κ2) is 12.2. The average molecular weight is 568 g/mol. The van der Waals surface area contributed by atoms with Gasteiger partial charge in [0.1, 0.15) is 9.79 Å². The molecule has 0 fully saturated rings. The first-order chi connectivity index (χ1) is 16.6. The Morgan fingerprint density at radius 2 is 1.47 bits per heavy atom.